The lowest BCUT2D eigenvalue weighted by molar-refractivity contribution is 0.117. The van der Waals surface area contributed by atoms with Gasteiger partial charge in [-0.2, -0.15) is 0 Å². The van der Waals surface area contributed by atoms with Crippen LogP contribution in [-0.2, 0) is 0 Å². The van der Waals surface area contributed by atoms with Crippen molar-refractivity contribution in [3.63, 3.8) is 0 Å². The molecular formula is C24H37N7O. The molecular weight excluding hydrogens is 402 g/mol. The molecule has 3 aliphatic rings. The van der Waals surface area contributed by atoms with Crippen LogP contribution < -0.4 is 26.2 Å². The number of anilines is 2. The Morgan fingerprint density at radius 3 is 2.53 bits per heavy atom. The molecule has 2 bridgehead atoms. The number of hydrazine groups is 1. The lowest BCUT2D eigenvalue weighted by Crippen LogP contribution is -2.48. The molecule has 2 aromatic heterocycles. The summed E-state index contributed by atoms with van der Waals surface area (Å²) in [5.74, 6) is 3.09. The number of aromatic nitrogens is 2. The van der Waals surface area contributed by atoms with Crippen molar-refractivity contribution >= 4 is 22.5 Å². The molecule has 5 rings (SSSR count). The molecule has 174 valence electrons. The normalized spacial score (nSPS) is 30.2. The van der Waals surface area contributed by atoms with Gasteiger partial charge in [0, 0.05) is 48.2 Å². The molecule has 5 atom stereocenters. The van der Waals surface area contributed by atoms with Crippen LogP contribution in [0.1, 0.15) is 52.9 Å². The molecule has 4 N–H and O–H groups in total. The van der Waals surface area contributed by atoms with Crippen molar-refractivity contribution in [1.29, 1.82) is 0 Å². The zero-order chi connectivity index (χ0) is 22.2. The maximum absolute atomic E-state index is 5.38. The molecule has 0 aliphatic carbocycles. The van der Waals surface area contributed by atoms with Gasteiger partial charge in [0.05, 0.1) is 18.8 Å². The Kier molecular flexibility index (Phi) is 6.09. The first-order valence-corrected chi connectivity index (χ1v) is 12.1. The van der Waals surface area contributed by atoms with Crippen LogP contribution in [0.4, 0.5) is 11.6 Å². The molecule has 5 heterocycles. The third-order valence-corrected chi connectivity index (χ3v) is 7.09. The van der Waals surface area contributed by atoms with Crippen LogP contribution in [-0.4, -0.2) is 58.9 Å². The smallest absolute Gasteiger partial charge is 0.213 e. The molecule has 0 radical (unpaired) electrons. The molecule has 0 aromatic carbocycles. The van der Waals surface area contributed by atoms with Crippen LogP contribution in [0, 0.1) is 5.92 Å². The molecule has 3 aliphatic heterocycles. The van der Waals surface area contributed by atoms with Crippen LogP contribution in [0.25, 0.3) is 10.9 Å². The molecule has 32 heavy (non-hydrogen) atoms. The fraction of sp³-hybridized carbons (Fsp3) is 0.667. The van der Waals surface area contributed by atoms with E-state index in [1.807, 2.05) is 12.1 Å². The van der Waals surface area contributed by atoms with E-state index in [-0.39, 0.29) is 6.17 Å². The predicted molar refractivity (Wildman–Crippen MR) is 129 cm³/mol. The molecule has 8 nitrogen and oxygen atoms in total. The summed E-state index contributed by atoms with van der Waals surface area (Å²) in [6, 6.07) is 8.25. The van der Waals surface area contributed by atoms with E-state index in [1.54, 1.807) is 7.11 Å². The van der Waals surface area contributed by atoms with E-state index in [1.165, 1.54) is 32.2 Å². The van der Waals surface area contributed by atoms with Crippen LogP contribution in [0.15, 0.2) is 18.2 Å². The summed E-state index contributed by atoms with van der Waals surface area (Å²) < 4.78 is 5.38. The third kappa shape index (κ3) is 4.49. The minimum atomic E-state index is 0.142. The highest BCUT2D eigenvalue weighted by molar-refractivity contribution is 5.91. The van der Waals surface area contributed by atoms with Crippen molar-refractivity contribution in [2.45, 2.75) is 83.2 Å². The maximum atomic E-state index is 5.38. The SMILES string of the molecule is COc1ccc2c(NC3C[C@H]4CC[C@@H](C3)N4CC(C)C)nc(NC3CC(C)NN3)cc2n1. The summed E-state index contributed by atoms with van der Waals surface area (Å²) in [5.41, 5.74) is 7.45. The average Bonchev–Trinajstić information content (AvgIpc) is 3.25. The van der Waals surface area contributed by atoms with Gasteiger partial charge >= 0.3 is 0 Å². The summed E-state index contributed by atoms with van der Waals surface area (Å²) in [5, 5.41) is 8.38. The quantitative estimate of drug-likeness (QED) is 0.523. The lowest BCUT2D eigenvalue weighted by atomic mass is 9.96. The summed E-state index contributed by atoms with van der Waals surface area (Å²) in [6.07, 6.45) is 6.14. The van der Waals surface area contributed by atoms with Crippen molar-refractivity contribution in [3.05, 3.63) is 18.2 Å². The Bertz CT molecular complexity index is 937. The second-order valence-corrected chi connectivity index (χ2v) is 10.2. The number of rotatable bonds is 7. The Labute approximate surface area is 190 Å². The minimum Gasteiger partial charge on any atom is -0.481 e. The average molecular weight is 440 g/mol. The van der Waals surface area contributed by atoms with Crippen molar-refractivity contribution in [2.75, 3.05) is 24.3 Å². The van der Waals surface area contributed by atoms with Gasteiger partial charge in [-0.3, -0.25) is 10.3 Å². The van der Waals surface area contributed by atoms with Gasteiger partial charge in [-0.25, -0.2) is 15.4 Å². The van der Waals surface area contributed by atoms with Crippen molar-refractivity contribution < 1.29 is 4.74 Å². The van der Waals surface area contributed by atoms with Crippen LogP contribution >= 0.6 is 0 Å². The molecule has 3 saturated heterocycles. The monoisotopic (exact) mass is 439 g/mol. The van der Waals surface area contributed by atoms with Crippen molar-refractivity contribution in [2.24, 2.45) is 5.92 Å². The number of hydrogen-bond acceptors (Lipinski definition) is 8. The Hall–Kier alpha value is -2.16. The van der Waals surface area contributed by atoms with E-state index in [2.05, 4.69) is 53.2 Å². The molecule has 3 fully saturated rings. The minimum absolute atomic E-state index is 0.142. The van der Waals surface area contributed by atoms with E-state index in [0.717, 1.165) is 34.9 Å². The number of methoxy groups -OCH3 is 1. The molecule has 8 heteroatoms. The Morgan fingerprint density at radius 1 is 1.09 bits per heavy atom. The van der Waals surface area contributed by atoms with Gasteiger partial charge in [0.2, 0.25) is 5.88 Å². The summed E-state index contributed by atoms with van der Waals surface area (Å²) in [4.78, 5) is 12.5. The number of pyridine rings is 2. The zero-order valence-corrected chi connectivity index (χ0v) is 19.7. The number of ether oxygens (including phenoxy) is 1. The van der Waals surface area contributed by atoms with E-state index < -0.39 is 0 Å². The van der Waals surface area contributed by atoms with Gasteiger partial charge in [-0.15, -0.1) is 0 Å². The number of nitrogens with one attached hydrogen (secondary N) is 4. The Balaban J connectivity index is 1.39. The molecule has 3 unspecified atom stereocenters. The number of nitrogens with zero attached hydrogens (tertiary/aromatic N) is 3. The topological polar surface area (TPSA) is 86.4 Å². The fourth-order valence-electron chi connectivity index (χ4n) is 5.70. The van der Waals surface area contributed by atoms with E-state index in [0.29, 0.717) is 30.0 Å². The van der Waals surface area contributed by atoms with Gasteiger partial charge in [-0.05, 0) is 51.0 Å². The predicted octanol–water partition coefficient (Wildman–Crippen LogP) is 3.33. The van der Waals surface area contributed by atoms with E-state index >= 15 is 0 Å². The van der Waals surface area contributed by atoms with Crippen LogP contribution in [0.3, 0.4) is 0 Å². The number of piperidine rings is 1. The molecule has 0 spiro atoms. The van der Waals surface area contributed by atoms with Crippen LogP contribution in [0.5, 0.6) is 5.88 Å². The van der Waals surface area contributed by atoms with Crippen LogP contribution in [0.2, 0.25) is 0 Å². The van der Waals surface area contributed by atoms with Gasteiger partial charge < -0.3 is 15.4 Å². The van der Waals surface area contributed by atoms with Crippen molar-refractivity contribution in [3.8, 4) is 5.88 Å². The highest BCUT2D eigenvalue weighted by atomic mass is 16.5. The summed E-state index contributed by atoms with van der Waals surface area (Å²) in [6.45, 7) is 8.04. The first-order chi connectivity index (χ1) is 15.5. The van der Waals surface area contributed by atoms with Gasteiger partial charge in [0.1, 0.15) is 11.6 Å². The van der Waals surface area contributed by atoms with Gasteiger partial charge in [0.15, 0.2) is 0 Å². The maximum Gasteiger partial charge on any atom is 0.213 e. The second kappa shape index (κ2) is 9.00. The van der Waals surface area contributed by atoms with E-state index in [4.69, 9.17) is 14.7 Å². The van der Waals surface area contributed by atoms with Crippen molar-refractivity contribution in [1.82, 2.24) is 25.7 Å². The third-order valence-electron chi connectivity index (χ3n) is 7.09. The highest BCUT2D eigenvalue weighted by Crippen LogP contribution is 2.38. The number of fused-ring (bicyclic) bond motifs is 3. The first kappa shape index (κ1) is 21.7. The number of hydrogen-bond donors (Lipinski definition) is 4. The fourth-order valence-corrected chi connectivity index (χ4v) is 5.70. The first-order valence-electron chi connectivity index (χ1n) is 12.1. The summed E-state index contributed by atoms with van der Waals surface area (Å²) >= 11 is 0. The van der Waals surface area contributed by atoms with E-state index in [9.17, 15) is 0 Å². The lowest BCUT2D eigenvalue weighted by Gasteiger charge is -2.40. The zero-order valence-electron chi connectivity index (χ0n) is 19.7. The highest BCUT2D eigenvalue weighted by Gasteiger charge is 2.40. The largest absolute Gasteiger partial charge is 0.481 e. The standard InChI is InChI=1S/C24H37N7O/c1-14(2)13-31-17-5-6-18(31)11-16(10-17)25-24-19-7-8-23(32-4)26-20(19)12-21(28-24)27-22-9-15(3)29-30-22/h7-8,12,14-18,22,29-30H,5-6,9-11,13H2,1-4H3,(H2,25,27,28)/t15?,16?,17-,18+,22?. The second-order valence-electron chi connectivity index (χ2n) is 10.2. The van der Waals surface area contributed by atoms with Gasteiger partial charge in [-0.1, -0.05) is 13.8 Å². The molecule has 0 saturated carbocycles. The molecule has 2 aromatic rings. The summed E-state index contributed by atoms with van der Waals surface area (Å²) in [7, 11) is 1.66. The molecule has 0 amide bonds. The van der Waals surface area contributed by atoms with Gasteiger partial charge in [0.25, 0.3) is 0 Å². The Morgan fingerprint density at radius 2 is 1.88 bits per heavy atom.